The molecule has 23 heavy (non-hydrogen) atoms. The molecule has 9 nitrogen and oxygen atoms in total. The van der Waals surface area contributed by atoms with E-state index in [1.54, 1.807) is 0 Å². The minimum atomic E-state index is -1.15. The normalized spacial score (nSPS) is 10.7. The largest absolute Gasteiger partial charge is 0.476 e. The fourth-order valence-electron chi connectivity index (χ4n) is 2.06. The number of aromatic nitrogens is 6. The molecule has 0 aliphatic rings. The molecule has 0 radical (unpaired) electrons. The van der Waals surface area contributed by atoms with Gasteiger partial charge in [-0.05, 0) is 10.8 Å². The number of hydrogen-bond acceptors (Lipinski definition) is 7. The molecule has 0 atom stereocenters. The van der Waals surface area contributed by atoms with Crippen LogP contribution < -0.4 is 5.73 Å². The molecule has 0 saturated heterocycles. The Kier molecular flexibility index (Phi) is 4.02. The molecule has 0 aliphatic carbocycles. The van der Waals surface area contributed by atoms with Gasteiger partial charge in [-0.25, -0.2) is 14.8 Å². The van der Waals surface area contributed by atoms with E-state index in [0.717, 1.165) is 11.1 Å². The molecule has 0 bridgehead atoms. The standard InChI is InChI=1S/C14H13N7O2/c15-5-9-1-3-10(4-2-9)11-6-16-13(14(22)23)12(19-11)7-21-18-8-17-20-21/h1-4,6,8H,5,7,15H2,(H,22,23). The Labute approximate surface area is 130 Å². The van der Waals surface area contributed by atoms with Crippen LogP contribution >= 0.6 is 0 Å². The molecule has 0 amide bonds. The molecular formula is C14H13N7O2. The second-order valence-corrected chi connectivity index (χ2v) is 4.72. The minimum Gasteiger partial charge on any atom is -0.476 e. The number of nitrogens with zero attached hydrogens (tertiary/aromatic N) is 6. The number of tetrazole rings is 1. The molecule has 1 aromatic carbocycles. The summed E-state index contributed by atoms with van der Waals surface area (Å²) in [5.74, 6) is -1.15. The van der Waals surface area contributed by atoms with Gasteiger partial charge >= 0.3 is 5.97 Å². The summed E-state index contributed by atoms with van der Waals surface area (Å²) in [6.45, 7) is 0.524. The van der Waals surface area contributed by atoms with Gasteiger partial charge in [0.15, 0.2) is 12.0 Å². The molecule has 0 fully saturated rings. The molecule has 0 aliphatic heterocycles. The smallest absolute Gasteiger partial charge is 0.356 e. The molecule has 2 aromatic heterocycles. The van der Waals surface area contributed by atoms with Gasteiger partial charge in [-0.15, -0.1) is 10.2 Å². The first-order valence-electron chi connectivity index (χ1n) is 6.76. The number of carboxylic acid groups (broad SMARTS) is 1. The molecule has 3 rings (SSSR count). The fraction of sp³-hybridized carbons (Fsp3) is 0.143. The lowest BCUT2D eigenvalue weighted by atomic mass is 10.1. The summed E-state index contributed by atoms with van der Waals surface area (Å²) >= 11 is 0. The van der Waals surface area contributed by atoms with Crippen molar-refractivity contribution >= 4 is 5.97 Å². The lowest BCUT2D eigenvalue weighted by Crippen LogP contribution is -2.14. The van der Waals surface area contributed by atoms with Gasteiger partial charge in [0.1, 0.15) is 6.54 Å². The Hall–Kier alpha value is -3.20. The van der Waals surface area contributed by atoms with E-state index in [0.29, 0.717) is 12.2 Å². The molecule has 3 N–H and O–H groups in total. The lowest BCUT2D eigenvalue weighted by Gasteiger charge is -2.07. The van der Waals surface area contributed by atoms with Crippen LogP contribution in [0, 0.1) is 0 Å². The van der Waals surface area contributed by atoms with Crippen LogP contribution in [0.15, 0.2) is 36.8 Å². The SMILES string of the molecule is NCc1ccc(-c2cnc(C(=O)O)c(Cn3ncnn3)n2)cc1. The number of carboxylic acids is 1. The number of benzene rings is 1. The van der Waals surface area contributed by atoms with Crippen LogP contribution in [0.3, 0.4) is 0 Å². The highest BCUT2D eigenvalue weighted by Crippen LogP contribution is 2.18. The summed E-state index contributed by atoms with van der Waals surface area (Å²) in [6, 6.07) is 7.51. The first-order valence-corrected chi connectivity index (χ1v) is 6.76. The summed E-state index contributed by atoms with van der Waals surface area (Å²) in [4.78, 5) is 20.9. The number of rotatable bonds is 5. The van der Waals surface area contributed by atoms with E-state index in [-0.39, 0.29) is 17.9 Å². The van der Waals surface area contributed by atoms with E-state index >= 15 is 0 Å². The van der Waals surface area contributed by atoms with Crippen LogP contribution in [0.1, 0.15) is 21.7 Å². The Balaban J connectivity index is 1.99. The number of nitrogens with two attached hydrogens (primary N) is 1. The van der Waals surface area contributed by atoms with Crippen LogP contribution in [0.4, 0.5) is 0 Å². The van der Waals surface area contributed by atoms with Crippen molar-refractivity contribution in [2.75, 3.05) is 0 Å². The number of aromatic carboxylic acids is 1. The predicted molar refractivity (Wildman–Crippen MR) is 79.2 cm³/mol. The predicted octanol–water partition coefficient (Wildman–Crippen LogP) is 0.335. The summed E-state index contributed by atoms with van der Waals surface area (Å²) < 4.78 is 0. The monoisotopic (exact) mass is 311 g/mol. The Bertz CT molecular complexity index is 816. The van der Waals surface area contributed by atoms with Gasteiger partial charge in [-0.3, -0.25) is 0 Å². The average molecular weight is 311 g/mol. The maximum Gasteiger partial charge on any atom is 0.356 e. The van der Waals surface area contributed by atoms with Gasteiger partial charge in [0.05, 0.1) is 17.6 Å². The van der Waals surface area contributed by atoms with E-state index in [4.69, 9.17) is 5.73 Å². The van der Waals surface area contributed by atoms with Crippen LogP contribution in [0.2, 0.25) is 0 Å². The van der Waals surface area contributed by atoms with Gasteiger partial charge in [-0.2, -0.15) is 4.80 Å². The van der Waals surface area contributed by atoms with Gasteiger partial charge in [0.2, 0.25) is 0 Å². The zero-order valence-electron chi connectivity index (χ0n) is 12.0. The third-order valence-corrected chi connectivity index (χ3v) is 3.22. The van der Waals surface area contributed by atoms with Crippen LogP contribution in [0.5, 0.6) is 0 Å². The van der Waals surface area contributed by atoms with Crippen LogP contribution in [-0.4, -0.2) is 41.3 Å². The van der Waals surface area contributed by atoms with E-state index < -0.39 is 5.97 Å². The van der Waals surface area contributed by atoms with Gasteiger partial charge < -0.3 is 10.8 Å². The summed E-state index contributed by atoms with van der Waals surface area (Å²) in [5, 5.41) is 20.4. The highest BCUT2D eigenvalue weighted by atomic mass is 16.4. The van der Waals surface area contributed by atoms with E-state index in [1.165, 1.54) is 17.3 Å². The number of hydrogen-bond donors (Lipinski definition) is 2. The van der Waals surface area contributed by atoms with E-state index in [2.05, 4.69) is 25.4 Å². The van der Waals surface area contributed by atoms with Crippen molar-refractivity contribution in [1.82, 2.24) is 30.2 Å². The van der Waals surface area contributed by atoms with E-state index in [9.17, 15) is 9.90 Å². The highest BCUT2D eigenvalue weighted by molar-refractivity contribution is 5.86. The maximum absolute atomic E-state index is 11.3. The van der Waals surface area contributed by atoms with Crippen molar-refractivity contribution in [3.63, 3.8) is 0 Å². The molecule has 3 aromatic rings. The molecule has 116 valence electrons. The van der Waals surface area contributed by atoms with Crippen molar-refractivity contribution in [3.8, 4) is 11.3 Å². The van der Waals surface area contributed by atoms with Gasteiger partial charge in [0.25, 0.3) is 0 Å². The quantitative estimate of drug-likeness (QED) is 0.689. The topological polar surface area (TPSA) is 133 Å². The van der Waals surface area contributed by atoms with E-state index in [1.807, 2.05) is 24.3 Å². The summed E-state index contributed by atoms with van der Waals surface area (Å²) in [5.41, 5.74) is 8.08. The summed E-state index contributed by atoms with van der Waals surface area (Å²) in [6.07, 6.45) is 2.70. The van der Waals surface area contributed by atoms with Gasteiger partial charge in [-0.1, -0.05) is 24.3 Å². The Morgan fingerprint density at radius 2 is 2.04 bits per heavy atom. The molecule has 0 saturated carbocycles. The first-order chi connectivity index (χ1) is 11.2. The summed E-state index contributed by atoms with van der Waals surface area (Å²) in [7, 11) is 0. The first kappa shape index (κ1) is 14.7. The molecule has 9 heteroatoms. The molecule has 0 spiro atoms. The Morgan fingerprint density at radius 1 is 1.26 bits per heavy atom. The number of carbonyl (C=O) groups is 1. The average Bonchev–Trinajstić information content (AvgIpc) is 3.07. The van der Waals surface area contributed by atoms with Gasteiger partial charge in [0, 0.05) is 12.1 Å². The third kappa shape index (κ3) is 3.19. The minimum absolute atomic E-state index is 0.0728. The third-order valence-electron chi connectivity index (χ3n) is 3.22. The second kappa shape index (κ2) is 6.28. The zero-order chi connectivity index (χ0) is 16.2. The second-order valence-electron chi connectivity index (χ2n) is 4.72. The lowest BCUT2D eigenvalue weighted by molar-refractivity contribution is 0.0688. The van der Waals surface area contributed by atoms with Crippen molar-refractivity contribution in [1.29, 1.82) is 0 Å². The van der Waals surface area contributed by atoms with Crippen LogP contribution in [0.25, 0.3) is 11.3 Å². The van der Waals surface area contributed by atoms with Crippen molar-refractivity contribution in [2.45, 2.75) is 13.1 Å². The highest BCUT2D eigenvalue weighted by Gasteiger charge is 2.16. The van der Waals surface area contributed by atoms with Crippen LogP contribution in [-0.2, 0) is 13.1 Å². The maximum atomic E-state index is 11.3. The van der Waals surface area contributed by atoms with Crippen molar-refractivity contribution in [3.05, 3.63) is 53.7 Å². The fourth-order valence-corrected chi connectivity index (χ4v) is 2.06. The molecule has 0 unspecified atom stereocenters. The molecule has 2 heterocycles. The Morgan fingerprint density at radius 3 is 2.65 bits per heavy atom. The molecular weight excluding hydrogens is 298 g/mol. The van der Waals surface area contributed by atoms with Crippen molar-refractivity contribution in [2.24, 2.45) is 5.73 Å². The zero-order valence-corrected chi connectivity index (χ0v) is 12.0. The van der Waals surface area contributed by atoms with Crippen molar-refractivity contribution < 1.29 is 9.90 Å².